The molecule has 0 radical (unpaired) electrons. The Labute approximate surface area is 129 Å². The number of hydrogen-bond acceptors (Lipinski definition) is 5. The van der Waals surface area contributed by atoms with Gasteiger partial charge in [-0.25, -0.2) is 13.4 Å². The summed E-state index contributed by atoms with van der Waals surface area (Å²) in [5.41, 5.74) is 5.06. The predicted molar refractivity (Wildman–Crippen MR) is 81.4 cm³/mol. The minimum Gasteiger partial charge on any atom is -0.369 e. The smallest absolute Gasteiger partial charge is 0.244 e. The fraction of sp³-hybridized carbons (Fsp3) is 0.538. The molecule has 0 spiro atoms. The van der Waals surface area contributed by atoms with E-state index in [2.05, 4.69) is 4.98 Å². The van der Waals surface area contributed by atoms with Crippen LogP contribution in [0.15, 0.2) is 28.3 Å². The second-order valence-electron chi connectivity index (χ2n) is 4.91. The second-order valence-corrected chi connectivity index (χ2v) is 7.84. The number of thioether (sulfide) groups is 1. The highest BCUT2D eigenvalue weighted by molar-refractivity contribution is 7.99. The van der Waals surface area contributed by atoms with E-state index in [4.69, 9.17) is 5.73 Å². The van der Waals surface area contributed by atoms with Crippen molar-refractivity contribution < 1.29 is 13.2 Å². The summed E-state index contributed by atoms with van der Waals surface area (Å²) >= 11 is 1.19. The molecule has 0 saturated carbocycles. The van der Waals surface area contributed by atoms with Gasteiger partial charge in [-0.1, -0.05) is 24.6 Å². The van der Waals surface area contributed by atoms with E-state index in [0.29, 0.717) is 18.1 Å². The Balaban J connectivity index is 2.10. The van der Waals surface area contributed by atoms with Crippen LogP contribution in [0.25, 0.3) is 0 Å². The third-order valence-corrected chi connectivity index (χ3v) is 6.12. The highest BCUT2D eigenvalue weighted by Crippen LogP contribution is 2.22. The average molecular weight is 329 g/mol. The molecule has 1 saturated heterocycles. The van der Waals surface area contributed by atoms with Gasteiger partial charge in [-0.2, -0.15) is 4.31 Å². The first-order valence-corrected chi connectivity index (χ1v) is 9.30. The van der Waals surface area contributed by atoms with Crippen LogP contribution in [0.4, 0.5) is 0 Å². The van der Waals surface area contributed by atoms with Crippen LogP contribution in [0.2, 0.25) is 0 Å². The lowest BCUT2D eigenvalue weighted by molar-refractivity contribution is -0.115. The molecule has 6 nitrogen and oxygen atoms in total. The second kappa shape index (κ2) is 7.24. The molecule has 2 heterocycles. The largest absolute Gasteiger partial charge is 0.369 e. The topological polar surface area (TPSA) is 93.4 Å². The summed E-state index contributed by atoms with van der Waals surface area (Å²) in [4.78, 5) is 15.0. The Hall–Kier alpha value is -1.12. The van der Waals surface area contributed by atoms with E-state index in [0.717, 1.165) is 25.7 Å². The molecule has 2 rings (SSSR count). The van der Waals surface area contributed by atoms with Gasteiger partial charge in [0.15, 0.2) is 0 Å². The number of nitrogens with zero attached hydrogens (tertiary/aromatic N) is 2. The number of carbonyl (C=O) groups is 1. The van der Waals surface area contributed by atoms with Crippen LogP contribution in [-0.4, -0.2) is 42.5 Å². The number of nitrogens with two attached hydrogens (primary N) is 1. The van der Waals surface area contributed by atoms with Crippen LogP contribution in [0.1, 0.15) is 25.7 Å². The maximum Gasteiger partial charge on any atom is 0.244 e. The summed E-state index contributed by atoms with van der Waals surface area (Å²) in [7, 11) is -3.46. The lowest BCUT2D eigenvalue weighted by Crippen LogP contribution is -2.32. The van der Waals surface area contributed by atoms with Crippen LogP contribution >= 0.6 is 11.8 Å². The fourth-order valence-corrected chi connectivity index (χ4v) is 4.23. The number of amides is 1. The zero-order valence-electron chi connectivity index (χ0n) is 11.7. The van der Waals surface area contributed by atoms with Crippen molar-refractivity contribution in [3.05, 3.63) is 18.3 Å². The van der Waals surface area contributed by atoms with E-state index in [1.807, 2.05) is 0 Å². The monoisotopic (exact) mass is 329 g/mol. The molecule has 0 bridgehead atoms. The number of aromatic nitrogens is 1. The maximum atomic E-state index is 12.5. The molecule has 1 aliphatic heterocycles. The molecular formula is C13H19N3O3S2. The molecule has 1 fully saturated rings. The molecule has 1 amide bonds. The standard InChI is InChI=1S/C13H19N3O3S2/c14-12(17)10-20-13-6-5-11(9-15-13)21(18,19)16-7-3-1-2-4-8-16/h5-6,9H,1-4,7-8,10H2,(H2,14,17). The van der Waals surface area contributed by atoms with E-state index < -0.39 is 15.9 Å². The summed E-state index contributed by atoms with van der Waals surface area (Å²) in [5, 5.41) is 0.587. The van der Waals surface area contributed by atoms with Gasteiger partial charge in [-0.05, 0) is 25.0 Å². The van der Waals surface area contributed by atoms with E-state index in [1.165, 1.54) is 28.3 Å². The molecule has 21 heavy (non-hydrogen) atoms. The SMILES string of the molecule is NC(=O)CSc1ccc(S(=O)(=O)N2CCCCCC2)cn1. The van der Waals surface area contributed by atoms with Gasteiger partial charge in [0, 0.05) is 19.3 Å². The van der Waals surface area contributed by atoms with Crippen LogP contribution < -0.4 is 5.73 Å². The number of pyridine rings is 1. The lowest BCUT2D eigenvalue weighted by Gasteiger charge is -2.19. The Morgan fingerprint density at radius 1 is 1.24 bits per heavy atom. The third-order valence-electron chi connectivity index (χ3n) is 3.27. The summed E-state index contributed by atoms with van der Waals surface area (Å²) in [5.74, 6) is -0.298. The van der Waals surface area contributed by atoms with E-state index in [9.17, 15) is 13.2 Å². The van der Waals surface area contributed by atoms with Crippen LogP contribution in [0.5, 0.6) is 0 Å². The van der Waals surface area contributed by atoms with Crippen molar-refractivity contribution in [3.63, 3.8) is 0 Å². The van der Waals surface area contributed by atoms with Gasteiger partial charge in [0.05, 0.1) is 10.8 Å². The van der Waals surface area contributed by atoms with E-state index in [-0.39, 0.29) is 10.6 Å². The minimum atomic E-state index is -3.46. The average Bonchev–Trinajstić information content (AvgIpc) is 2.75. The van der Waals surface area contributed by atoms with E-state index >= 15 is 0 Å². The Morgan fingerprint density at radius 2 is 1.90 bits per heavy atom. The molecule has 8 heteroatoms. The van der Waals surface area contributed by atoms with Crippen molar-refractivity contribution >= 4 is 27.7 Å². The first-order chi connectivity index (χ1) is 10.00. The van der Waals surface area contributed by atoms with Crippen LogP contribution in [0.3, 0.4) is 0 Å². The van der Waals surface area contributed by atoms with Crippen molar-refractivity contribution in [3.8, 4) is 0 Å². The third kappa shape index (κ3) is 4.42. The molecule has 0 aromatic carbocycles. The highest BCUT2D eigenvalue weighted by Gasteiger charge is 2.25. The van der Waals surface area contributed by atoms with Gasteiger partial charge >= 0.3 is 0 Å². The number of sulfonamides is 1. The lowest BCUT2D eigenvalue weighted by atomic mass is 10.2. The molecule has 1 aromatic heterocycles. The molecule has 116 valence electrons. The van der Waals surface area contributed by atoms with Gasteiger partial charge in [-0.15, -0.1) is 0 Å². The van der Waals surface area contributed by atoms with Crippen molar-refractivity contribution in [2.24, 2.45) is 5.73 Å². The zero-order valence-corrected chi connectivity index (χ0v) is 13.3. The summed E-state index contributed by atoms with van der Waals surface area (Å²) in [6, 6.07) is 3.15. The maximum absolute atomic E-state index is 12.5. The summed E-state index contributed by atoms with van der Waals surface area (Å²) in [6.07, 6.45) is 5.31. The molecule has 1 aliphatic rings. The molecule has 2 N–H and O–H groups in total. The normalized spacial score (nSPS) is 17.3. The Kier molecular flexibility index (Phi) is 5.60. The molecule has 0 aliphatic carbocycles. The molecule has 1 aromatic rings. The zero-order chi connectivity index (χ0) is 15.3. The summed E-state index contributed by atoms with van der Waals surface area (Å²) < 4.78 is 26.6. The quantitative estimate of drug-likeness (QED) is 0.820. The Morgan fingerprint density at radius 3 is 2.43 bits per heavy atom. The van der Waals surface area contributed by atoms with Gasteiger partial charge in [0.2, 0.25) is 15.9 Å². The van der Waals surface area contributed by atoms with Gasteiger partial charge in [-0.3, -0.25) is 4.79 Å². The van der Waals surface area contributed by atoms with Crippen molar-refractivity contribution in [2.75, 3.05) is 18.8 Å². The number of rotatable bonds is 5. The molecule has 0 atom stereocenters. The predicted octanol–water partition coefficient (Wildman–Crippen LogP) is 1.22. The van der Waals surface area contributed by atoms with Gasteiger partial charge < -0.3 is 5.73 Å². The number of carbonyl (C=O) groups excluding carboxylic acids is 1. The fourth-order valence-electron chi connectivity index (χ4n) is 2.18. The van der Waals surface area contributed by atoms with Crippen molar-refractivity contribution in [1.29, 1.82) is 0 Å². The Bertz CT molecular complexity index is 579. The number of hydrogen-bond donors (Lipinski definition) is 1. The van der Waals surface area contributed by atoms with Gasteiger partial charge in [0.25, 0.3) is 0 Å². The molecule has 0 unspecified atom stereocenters. The first-order valence-electron chi connectivity index (χ1n) is 6.87. The summed E-state index contributed by atoms with van der Waals surface area (Å²) in [6.45, 7) is 1.14. The van der Waals surface area contributed by atoms with Gasteiger partial charge in [0.1, 0.15) is 4.90 Å². The van der Waals surface area contributed by atoms with Crippen molar-refractivity contribution in [2.45, 2.75) is 35.6 Å². The first kappa shape index (κ1) is 16.3. The molecular weight excluding hydrogens is 310 g/mol. The van der Waals surface area contributed by atoms with E-state index in [1.54, 1.807) is 6.07 Å². The van der Waals surface area contributed by atoms with Crippen LogP contribution in [0, 0.1) is 0 Å². The highest BCUT2D eigenvalue weighted by atomic mass is 32.2. The van der Waals surface area contributed by atoms with Crippen molar-refractivity contribution in [1.82, 2.24) is 9.29 Å². The van der Waals surface area contributed by atoms with Crippen LogP contribution in [-0.2, 0) is 14.8 Å². The number of primary amides is 1. The minimum absolute atomic E-state index is 0.130.